The highest BCUT2D eigenvalue weighted by Gasteiger charge is 2.46. The molecule has 0 saturated carbocycles. The van der Waals surface area contributed by atoms with Crippen LogP contribution in [-0.4, -0.2) is 91.4 Å². The number of ether oxygens (including phenoxy) is 3. The van der Waals surface area contributed by atoms with E-state index in [4.69, 9.17) is 14.2 Å². The molecule has 4 aromatic carbocycles. The van der Waals surface area contributed by atoms with Crippen LogP contribution in [-0.2, 0) is 22.5 Å². The van der Waals surface area contributed by atoms with Crippen molar-refractivity contribution in [3.8, 4) is 17.2 Å². The minimum atomic E-state index is -0.471. The fraction of sp³-hybridized carbons (Fsp3) is 0.462. The molecule has 4 saturated heterocycles. The molecule has 62 heavy (non-hydrogen) atoms. The molecule has 10 heteroatoms. The number of carbonyl (C=O) groups excluding carboxylic acids is 2. The van der Waals surface area contributed by atoms with Gasteiger partial charge in [-0.25, -0.2) is 0 Å². The molecule has 6 atom stereocenters. The summed E-state index contributed by atoms with van der Waals surface area (Å²) in [5, 5.41) is 13.2. The molecule has 6 heterocycles. The van der Waals surface area contributed by atoms with Crippen LogP contribution in [0.25, 0.3) is 0 Å². The monoisotopic (exact) mass is 834 g/mol. The Bertz CT molecular complexity index is 2410. The number of phenolic OH excluding ortho intramolecular Hbond substituents is 1. The van der Waals surface area contributed by atoms with E-state index in [1.165, 1.54) is 33.5 Å². The van der Waals surface area contributed by atoms with Crippen molar-refractivity contribution in [2.45, 2.75) is 87.3 Å². The third kappa shape index (κ3) is 6.94. The maximum atomic E-state index is 13.5. The Morgan fingerprint density at radius 2 is 1.71 bits per heavy atom. The van der Waals surface area contributed by atoms with Crippen molar-refractivity contribution in [3.63, 3.8) is 0 Å². The summed E-state index contributed by atoms with van der Waals surface area (Å²) in [4.78, 5) is 33.2. The maximum Gasteiger partial charge on any atom is 0.255 e. The zero-order valence-corrected chi connectivity index (χ0v) is 35.8. The molecule has 0 bridgehead atoms. The lowest BCUT2D eigenvalue weighted by Crippen LogP contribution is -2.49. The maximum absolute atomic E-state index is 13.5. The van der Waals surface area contributed by atoms with Gasteiger partial charge in [0, 0.05) is 72.2 Å². The third-order valence-corrected chi connectivity index (χ3v) is 15.7. The number of likely N-dealkylation sites (tertiary alicyclic amines) is 1. The van der Waals surface area contributed by atoms with Crippen molar-refractivity contribution >= 4 is 17.5 Å². The molecule has 322 valence electrons. The zero-order chi connectivity index (χ0) is 42.1. The predicted octanol–water partition coefficient (Wildman–Crippen LogP) is 7.88. The molecule has 0 radical (unpaired) electrons. The summed E-state index contributed by atoms with van der Waals surface area (Å²) in [5.74, 6) is 3.70. The third-order valence-electron chi connectivity index (χ3n) is 15.7. The first-order valence-corrected chi connectivity index (χ1v) is 23.0. The predicted molar refractivity (Wildman–Crippen MR) is 238 cm³/mol. The Hall–Kier alpha value is -5.32. The van der Waals surface area contributed by atoms with Crippen molar-refractivity contribution in [2.24, 2.45) is 11.8 Å². The minimum Gasteiger partial charge on any atom is -0.508 e. The lowest BCUT2D eigenvalue weighted by atomic mass is 9.69. The van der Waals surface area contributed by atoms with Gasteiger partial charge in [-0.15, -0.1) is 0 Å². The van der Waals surface area contributed by atoms with Crippen LogP contribution in [0.15, 0.2) is 91.1 Å². The molecule has 4 fully saturated rings. The number of methoxy groups -OCH3 is 1. The number of anilines is 1. The standard InChI is InChI=1S/C52H58N4O6/c1-32-8-17-46(50(58)53-32)56-29-45-43(51(56)59)16-15-42-39-18-21-54(28-36(39)31-61-49(42)45)27-33-26-52(62-30-33)19-22-55(23-20-52)37-10-13-44(47(25-37)60-2)48-40(34-6-4-3-5-7-34)12-9-35-24-38(57)11-14-41(35)48/h3-7,10-11,13-16,24-25,33,36,39-40,46,48,57H,1,8-9,12,17-23,26-31H2,2H3,(H,53,58)/t33?,36-,39?,40-,46+,48+/m1/s1. The number of hydrogen-bond acceptors (Lipinski definition) is 8. The van der Waals surface area contributed by atoms with Crippen LogP contribution in [0.1, 0.15) is 106 Å². The quantitative estimate of drug-likeness (QED) is 0.194. The number of piperidine rings is 3. The van der Waals surface area contributed by atoms with E-state index in [1.54, 1.807) is 12.0 Å². The number of rotatable bonds is 7. The molecule has 2 unspecified atom stereocenters. The lowest BCUT2D eigenvalue weighted by molar-refractivity contribution is -0.126. The van der Waals surface area contributed by atoms with Crippen LogP contribution in [0.4, 0.5) is 5.69 Å². The lowest BCUT2D eigenvalue weighted by Gasteiger charge is -2.43. The van der Waals surface area contributed by atoms with Gasteiger partial charge in [0.2, 0.25) is 5.91 Å². The van der Waals surface area contributed by atoms with Crippen LogP contribution in [0, 0.1) is 11.8 Å². The molecule has 6 aliphatic heterocycles. The molecule has 4 aromatic rings. The number of benzene rings is 4. The summed E-state index contributed by atoms with van der Waals surface area (Å²) < 4.78 is 19.5. The summed E-state index contributed by atoms with van der Waals surface area (Å²) in [5.41, 5.74) is 9.75. The van der Waals surface area contributed by atoms with E-state index in [0.29, 0.717) is 61.0 Å². The normalized spacial score (nSPS) is 27.9. The second-order valence-corrected chi connectivity index (χ2v) is 19.2. The average Bonchev–Trinajstić information content (AvgIpc) is 3.85. The smallest absolute Gasteiger partial charge is 0.255 e. The molecule has 1 aliphatic carbocycles. The number of nitrogens with one attached hydrogen (secondary N) is 1. The van der Waals surface area contributed by atoms with Crippen LogP contribution >= 0.6 is 0 Å². The molecule has 2 N–H and O–H groups in total. The summed E-state index contributed by atoms with van der Waals surface area (Å²) in [6.45, 7) is 10.8. The van der Waals surface area contributed by atoms with Gasteiger partial charge in [0.05, 0.1) is 32.5 Å². The van der Waals surface area contributed by atoms with Crippen LogP contribution < -0.4 is 19.7 Å². The van der Waals surface area contributed by atoms with Gasteiger partial charge in [-0.2, -0.15) is 0 Å². The number of nitrogens with zero attached hydrogens (tertiary/aromatic N) is 3. The SMILES string of the molecule is C=C1CC[C@H](N2Cc3c(ccc4c3OC[C@H]3CN(CC5COC6(CCN(c7ccc([C@@H]8c9ccc(O)cc9CC[C@@H]8c8ccccc8)c(OC)c7)CC6)C5)CCC43)C2=O)C(=O)N1. The molecule has 2 amide bonds. The molecular formula is C52H58N4O6. The van der Waals surface area contributed by atoms with Gasteiger partial charge in [0.15, 0.2) is 0 Å². The van der Waals surface area contributed by atoms with Crippen molar-refractivity contribution in [1.29, 1.82) is 0 Å². The number of aromatic hydroxyl groups is 1. The van der Waals surface area contributed by atoms with Crippen LogP contribution in [0.3, 0.4) is 0 Å². The van der Waals surface area contributed by atoms with E-state index < -0.39 is 6.04 Å². The number of amides is 2. The van der Waals surface area contributed by atoms with Crippen molar-refractivity contribution in [1.82, 2.24) is 15.1 Å². The van der Waals surface area contributed by atoms with Crippen LogP contribution in [0.2, 0.25) is 0 Å². The first-order chi connectivity index (χ1) is 30.2. The summed E-state index contributed by atoms with van der Waals surface area (Å²) >= 11 is 0. The Kier molecular flexibility index (Phi) is 10.1. The van der Waals surface area contributed by atoms with Gasteiger partial charge >= 0.3 is 0 Å². The molecule has 11 rings (SSSR count). The molecule has 10 nitrogen and oxygen atoms in total. The topological polar surface area (TPSA) is 104 Å². The highest BCUT2D eigenvalue weighted by molar-refractivity contribution is 6.02. The number of aryl methyl sites for hydroxylation is 1. The van der Waals surface area contributed by atoms with E-state index in [2.05, 4.69) is 82.4 Å². The number of fused-ring (bicyclic) bond motifs is 6. The van der Waals surface area contributed by atoms with E-state index in [0.717, 1.165) is 101 Å². The van der Waals surface area contributed by atoms with Crippen LogP contribution in [0.5, 0.6) is 17.2 Å². The van der Waals surface area contributed by atoms with Gasteiger partial charge in [-0.3, -0.25) is 9.59 Å². The number of allylic oxidation sites excluding steroid dienone is 1. The Morgan fingerprint density at radius 3 is 2.53 bits per heavy atom. The highest BCUT2D eigenvalue weighted by atomic mass is 16.5. The van der Waals surface area contributed by atoms with Crippen molar-refractivity contribution in [2.75, 3.05) is 57.9 Å². The molecule has 7 aliphatic rings. The summed E-state index contributed by atoms with van der Waals surface area (Å²) in [6.07, 6.45) is 7.46. The van der Waals surface area contributed by atoms with Gasteiger partial charge in [-0.1, -0.05) is 55.1 Å². The van der Waals surface area contributed by atoms with E-state index in [-0.39, 0.29) is 23.3 Å². The Labute approximate surface area is 364 Å². The van der Waals surface area contributed by atoms with Gasteiger partial charge in [-0.05, 0) is 122 Å². The van der Waals surface area contributed by atoms with E-state index in [9.17, 15) is 14.7 Å². The average molecular weight is 835 g/mol. The fourth-order valence-electron chi connectivity index (χ4n) is 12.6. The second kappa shape index (κ2) is 15.8. The molecular weight excluding hydrogens is 777 g/mol. The number of carbonyl (C=O) groups is 2. The van der Waals surface area contributed by atoms with Crippen molar-refractivity contribution < 1.29 is 28.9 Å². The summed E-state index contributed by atoms with van der Waals surface area (Å²) in [6, 6.07) is 27.2. The fourth-order valence-corrected chi connectivity index (χ4v) is 12.6. The van der Waals surface area contributed by atoms with Gasteiger partial charge in [0.25, 0.3) is 5.91 Å². The van der Waals surface area contributed by atoms with Gasteiger partial charge in [0.1, 0.15) is 23.3 Å². The number of phenols is 1. The largest absolute Gasteiger partial charge is 0.508 e. The first kappa shape index (κ1) is 39.5. The molecule has 1 spiro atoms. The highest BCUT2D eigenvalue weighted by Crippen LogP contribution is 2.51. The number of hydrogen-bond donors (Lipinski definition) is 2. The van der Waals surface area contributed by atoms with Gasteiger partial charge < -0.3 is 39.3 Å². The first-order valence-electron chi connectivity index (χ1n) is 23.0. The second-order valence-electron chi connectivity index (χ2n) is 19.2. The summed E-state index contributed by atoms with van der Waals surface area (Å²) in [7, 11) is 1.79. The Morgan fingerprint density at radius 1 is 0.887 bits per heavy atom. The van der Waals surface area contributed by atoms with E-state index in [1.807, 2.05) is 18.2 Å². The van der Waals surface area contributed by atoms with E-state index >= 15 is 0 Å². The minimum absolute atomic E-state index is 0.0609. The molecule has 0 aromatic heterocycles. The van der Waals surface area contributed by atoms with Crippen molar-refractivity contribution in [3.05, 3.63) is 130 Å². The Balaban J connectivity index is 0.717. The zero-order valence-electron chi connectivity index (χ0n) is 35.8.